The smallest absolute Gasteiger partial charge is 0.0964 e. The molecule has 4 rings (SSSR count). The van der Waals surface area contributed by atoms with Gasteiger partial charge in [0.2, 0.25) is 0 Å². The van der Waals surface area contributed by atoms with Crippen molar-refractivity contribution in [2.24, 2.45) is 0 Å². The van der Waals surface area contributed by atoms with Gasteiger partial charge in [-0.2, -0.15) is 0 Å². The molecule has 2 aliphatic carbocycles. The fourth-order valence-electron chi connectivity index (χ4n) is 3.66. The standard InChI is InChI=1S/C15H24N4O/c1-2-7-15(6-1)8-5-14(20-15)11-19-10-13(17-18-19)9-16-12-3-4-12/h10,12,14,16H,1-9,11H2. The van der Waals surface area contributed by atoms with E-state index in [-0.39, 0.29) is 5.60 Å². The molecule has 0 aromatic carbocycles. The first-order valence-corrected chi connectivity index (χ1v) is 8.12. The molecule has 1 N–H and O–H groups in total. The molecule has 1 aliphatic heterocycles. The molecule has 2 saturated carbocycles. The van der Waals surface area contributed by atoms with Crippen LogP contribution in [-0.2, 0) is 17.8 Å². The molecule has 1 atom stereocenters. The Balaban J connectivity index is 1.30. The number of ether oxygens (including phenoxy) is 1. The molecule has 3 aliphatic rings. The lowest BCUT2D eigenvalue weighted by molar-refractivity contribution is -0.0430. The molecule has 110 valence electrons. The molecule has 5 heteroatoms. The predicted octanol–water partition coefficient (Wildman–Crippen LogP) is 2.02. The Hall–Kier alpha value is -0.940. The highest BCUT2D eigenvalue weighted by molar-refractivity contribution is 4.96. The lowest BCUT2D eigenvalue weighted by Gasteiger charge is -2.23. The zero-order valence-corrected chi connectivity index (χ0v) is 12.1. The van der Waals surface area contributed by atoms with Crippen molar-refractivity contribution in [2.75, 3.05) is 0 Å². The van der Waals surface area contributed by atoms with Crippen molar-refractivity contribution in [1.82, 2.24) is 20.3 Å². The monoisotopic (exact) mass is 276 g/mol. The van der Waals surface area contributed by atoms with Gasteiger partial charge in [0.15, 0.2) is 0 Å². The first kappa shape index (κ1) is 12.8. The molecule has 2 heterocycles. The molecule has 20 heavy (non-hydrogen) atoms. The van der Waals surface area contributed by atoms with Gasteiger partial charge in [0, 0.05) is 18.8 Å². The summed E-state index contributed by atoms with van der Waals surface area (Å²) in [4.78, 5) is 0. The van der Waals surface area contributed by atoms with Gasteiger partial charge in [-0.25, -0.2) is 4.68 Å². The third-order valence-electron chi connectivity index (χ3n) is 4.98. The SMILES string of the molecule is c1c(CNC2CC2)nnn1CC1CCC2(CCCC2)O1. The maximum Gasteiger partial charge on any atom is 0.0964 e. The topological polar surface area (TPSA) is 52.0 Å². The Labute approximate surface area is 120 Å². The largest absolute Gasteiger partial charge is 0.370 e. The van der Waals surface area contributed by atoms with E-state index in [1.165, 1.54) is 51.4 Å². The molecule has 0 radical (unpaired) electrons. The van der Waals surface area contributed by atoms with Crippen LogP contribution in [0.15, 0.2) is 6.20 Å². The van der Waals surface area contributed by atoms with Gasteiger partial charge in [0.05, 0.1) is 23.9 Å². The zero-order valence-electron chi connectivity index (χ0n) is 12.1. The Bertz CT molecular complexity index is 462. The Kier molecular flexibility index (Phi) is 3.27. The quantitative estimate of drug-likeness (QED) is 0.894. The van der Waals surface area contributed by atoms with Crippen LogP contribution in [0.2, 0.25) is 0 Å². The highest BCUT2D eigenvalue weighted by Gasteiger charge is 2.42. The van der Waals surface area contributed by atoms with E-state index in [1.807, 2.05) is 4.68 Å². The second-order valence-electron chi connectivity index (χ2n) is 6.76. The van der Waals surface area contributed by atoms with Crippen LogP contribution in [0.1, 0.15) is 57.1 Å². The lowest BCUT2D eigenvalue weighted by atomic mass is 9.98. The van der Waals surface area contributed by atoms with Gasteiger partial charge >= 0.3 is 0 Å². The predicted molar refractivity (Wildman–Crippen MR) is 75.2 cm³/mol. The minimum atomic E-state index is 0.224. The minimum Gasteiger partial charge on any atom is -0.370 e. The van der Waals surface area contributed by atoms with Gasteiger partial charge in [0.25, 0.3) is 0 Å². The van der Waals surface area contributed by atoms with Crippen molar-refractivity contribution in [2.45, 2.75) is 82.2 Å². The fourth-order valence-corrected chi connectivity index (χ4v) is 3.66. The summed E-state index contributed by atoms with van der Waals surface area (Å²) < 4.78 is 8.29. The Morgan fingerprint density at radius 1 is 1.25 bits per heavy atom. The van der Waals surface area contributed by atoms with Crippen molar-refractivity contribution >= 4 is 0 Å². The van der Waals surface area contributed by atoms with E-state index in [9.17, 15) is 0 Å². The third-order valence-corrected chi connectivity index (χ3v) is 4.98. The molecule has 1 aromatic heterocycles. The van der Waals surface area contributed by atoms with E-state index in [0.29, 0.717) is 6.10 Å². The van der Waals surface area contributed by atoms with E-state index in [0.717, 1.165) is 24.8 Å². The van der Waals surface area contributed by atoms with E-state index in [1.54, 1.807) is 0 Å². The van der Waals surface area contributed by atoms with Gasteiger partial charge in [-0.1, -0.05) is 18.1 Å². The van der Waals surface area contributed by atoms with Crippen LogP contribution in [-0.4, -0.2) is 32.7 Å². The van der Waals surface area contributed by atoms with Crippen molar-refractivity contribution in [3.63, 3.8) is 0 Å². The maximum atomic E-state index is 6.33. The summed E-state index contributed by atoms with van der Waals surface area (Å²) in [5.74, 6) is 0. The third kappa shape index (κ3) is 2.74. The molecule has 0 amide bonds. The number of nitrogens with zero attached hydrogens (tertiary/aromatic N) is 3. The molecule has 1 spiro atoms. The first-order chi connectivity index (χ1) is 9.81. The van der Waals surface area contributed by atoms with Crippen LogP contribution in [0, 0.1) is 0 Å². The first-order valence-electron chi connectivity index (χ1n) is 8.12. The second kappa shape index (κ2) is 5.11. The molecule has 1 aromatic rings. The summed E-state index contributed by atoms with van der Waals surface area (Å²) in [6, 6.07) is 0.723. The Morgan fingerprint density at radius 2 is 2.10 bits per heavy atom. The zero-order chi connectivity index (χ0) is 13.4. The Morgan fingerprint density at radius 3 is 2.90 bits per heavy atom. The summed E-state index contributed by atoms with van der Waals surface area (Å²) in [5.41, 5.74) is 1.27. The summed E-state index contributed by atoms with van der Waals surface area (Å²) in [6.45, 7) is 1.71. The normalized spacial score (nSPS) is 28.5. The van der Waals surface area contributed by atoms with E-state index in [2.05, 4.69) is 21.8 Å². The summed E-state index contributed by atoms with van der Waals surface area (Å²) >= 11 is 0. The van der Waals surface area contributed by atoms with Crippen molar-refractivity contribution in [3.8, 4) is 0 Å². The highest BCUT2D eigenvalue weighted by Crippen LogP contribution is 2.43. The van der Waals surface area contributed by atoms with Gasteiger partial charge in [0.1, 0.15) is 0 Å². The van der Waals surface area contributed by atoms with Crippen LogP contribution in [0.25, 0.3) is 0 Å². The van der Waals surface area contributed by atoms with E-state index in [4.69, 9.17) is 4.74 Å². The van der Waals surface area contributed by atoms with Crippen LogP contribution >= 0.6 is 0 Å². The number of nitrogens with one attached hydrogen (secondary N) is 1. The maximum absolute atomic E-state index is 6.33. The molecule has 3 fully saturated rings. The van der Waals surface area contributed by atoms with E-state index >= 15 is 0 Å². The summed E-state index contributed by atoms with van der Waals surface area (Å²) in [5, 5.41) is 12.0. The van der Waals surface area contributed by atoms with Crippen LogP contribution in [0.4, 0.5) is 0 Å². The van der Waals surface area contributed by atoms with Gasteiger partial charge < -0.3 is 10.1 Å². The molecule has 5 nitrogen and oxygen atoms in total. The van der Waals surface area contributed by atoms with Crippen LogP contribution < -0.4 is 5.32 Å². The summed E-state index contributed by atoms with van der Waals surface area (Å²) in [7, 11) is 0. The minimum absolute atomic E-state index is 0.224. The number of rotatable bonds is 5. The molecular weight excluding hydrogens is 252 g/mol. The number of aromatic nitrogens is 3. The van der Waals surface area contributed by atoms with Gasteiger partial charge in [-0.05, 0) is 38.5 Å². The van der Waals surface area contributed by atoms with E-state index < -0.39 is 0 Å². The van der Waals surface area contributed by atoms with Gasteiger partial charge in [-0.3, -0.25) is 0 Å². The van der Waals surface area contributed by atoms with Crippen molar-refractivity contribution in [3.05, 3.63) is 11.9 Å². The second-order valence-corrected chi connectivity index (χ2v) is 6.76. The molecule has 1 saturated heterocycles. The lowest BCUT2D eigenvalue weighted by Crippen LogP contribution is -2.26. The molecular formula is C15H24N4O. The van der Waals surface area contributed by atoms with Crippen molar-refractivity contribution < 1.29 is 4.74 Å². The summed E-state index contributed by atoms with van der Waals surface area (Å²) in [6.07, 6.45) is 12.6. The number of hydrogen-bond donors (Lipinski definition) is 1. The average molecular weight is 276 g/mol. The fraction of sp³-hybridized carbons (Fsp3) is 0.867. The number of hydrogen-bond acceptors (Lipinski definition) is 4. The average Bonchev–Trinajstić information content (AvgIpc) is 2.87. The van der Waals surface area contributed by atoms with Crippen molar-refractivity contribution in [1.29, 1.82) is 0 Å². The van der Waals surface area contributed by atoms with Crippen LogP contribution in [0.5, 0.6) is 0 Å². The molecule has 1 unspecified atom stereocenters. The van der Waals surface area contributed by atoms with Crippen LogP contribution in [0.3, 0.4) is 0 Å². The molecule has 0 bridgehead atoms. The highest BCUT2D eigenvalue weighted by atomic mass is 16.5. The van der Waals surface area contributed by atoms with Gasteiger partial charge in [-0.15, -0.1) is 5.10 Å².